The summed E-state index contributed by atoms with van der Waals surface area (Å²) in [5.74, 6) is 0.886. The number of fused-ring (bicyclic) bond motifs is 5. The third-order valence-electron chi connectivity index (χ3n) is 8.17. The van der Waals surface area contributed by atoms with Crippen LogP contribution in [0.2, 0.25) is 0 Å². The normalized spacial score (nSPS) is 19.6. The van der Waals surface area contributed by atoms with Gasteiger partial charge in [0.1, 0.15) is 11.9 Å². The van der Waals surface area contributed by atoms with Gasteiger partial charge in [-0.3, -0.25) is 5.32 Å². The van der Waals surface area contributed by atoms with Gasteiger partial charge < -0.3 is 15.4 Å². The highest BCUT2D eigenvalue weighted by atomic mass is 16.5. The number of rotatable bonds is 4. The van der Waals surface area contributed by atoms with Gasteiger partial charge in [0.15, 0.2) is 6.23 Å². The van der Waals surface area contributed by atoms with E-state index in [1.807, 2.05) is 18.2 Å². The molecule has 0 fully saturated rings. The molecule has 41 heavy (non-hydrogen) atoms. The summed E-state index contributed by atoms with van der Waals surface area (Å²) in [6.07, 6.45) is 2.01. The van der Waals surface area contributed by atoms with Gasteiger partial charge in [0.25, 0.3) is 0 Å². The summed E-state index contributed by atoms with van der Waals surface area (Å²) in [6.45, 7) is 0. The van der Waals surface area contributed by atoms with E-state index >= 15 is 0 Å². The van der Waals surface area contributed by atoms with Crippen molar-refractivity contribution >= 4 is 32.9 Å². The van der Waals surface area contributed by atoms with Crippen LogP contribution in [0.3, 0.4) is 0 Å². The van der Waals surface area contributed by atoms with Crippen molar-refractivity contribution in [2.24, 2.45) is 0 Å². The Labute approximate surface area is 239 Å². The van der Waals surface area contributed by atoms with E-state index in [4.69, 9.17) is 4.74 Å². The van der Waals surface area contributed by atoms with Gasteiger partial charge in [-0.25, -0.2) is 0 Å². The summed E-state index contributed by atoms with van der Waals surface area (Å²) < 4.78 is 6.38. The van der Waals surface area contributed by atoms with E-state index in [1.165, 1.54) is 38.2 Å². The van der Waals surface area contributed by atoms with E-state index in [0.29, 0.717) is 0 Å². The molecule has 3 unspecified atom stereocenters. The van der Waals surface area contributed by atoms with Crippen LogP contribution in [0.25, 0.3) is 27.2 Å². The van der Waals surface area contributed by atoms with Crippen LogP contribution in [0.4, 0.5) is 5.69 Å². The number of benzene rings is 6. The lowest BCUT2D eigenvalue weighted by Gasteiger charge is -2.33. The second-order valence-electron chi connectivity index (χ2n) is 10.7. The molecule has 3 N–H and O–H groups in total. The maximum atomic E-state index is 6.38. The minimum absolute atomic E-state index is 0.0712. The number of ether oxygens (including phenoxy) is 1. The van der Waals surface area contributed by atoms with Crippen molar-refractivity contribution in [1.82, 2.24) is 10.6 Å². The molecule has 0 saturated heterocycles. The zero-order chi connectivity index (χ0) is 27.2. The van der Waals surface area contributed by atoms with Crippen LogP contribution in [0.1, 0.15) is 40.7 Å². The van der Waals surface area contributed by atoms with E-state index in [2.05, 4.69) is 137 Å². The Morgan fingerprint density at radius 1 is 0.561 bits per heavy atom. The van der Waals surface area contributed by atoms with Crippen molar-refractivity contribution in [3.63, 3.8) is 0 Å². The van der Waals surface area contributed by atoms with Gasteiger partial charge in [-0.05, 0) is 51.1 Å². The third kappa shape index (κ3) is 4.30. The standard InChI is InChI=1S/C37H29N3O/c1-4-10-25(11-5-1)31-23-32(26-12-6-2-7-13-26)39-36(38-31)29-19-17-24-16-18-27-20-21-33-35(34(27)30(24)22-29)40-37(41-33)28-14-8-3-9-15-28/h1-23,31,36-40H. The predicted molar refractivity (Wildman–Crippen MR) is 168 cm³/mol. The smallest absolute Gasteiger partial charge is 0.196 e. The first-order valence-corrected chi connectivity index (χ1v) is 14.1. The quantitative estimate of drug-likeness (QED) is 0.200. The molecule has 4 nitrogen and oxygen atoms in total. The molecule has 0 radical (unpaired) electrons. The van der Waals surface area contributed by atoms with Crippen LogP contribution in [0, 0.1) is 0 Å². The minimum Gasteiger partial charge on any atom is -0.464 e. The van der Waals surface area contributed by atoms with E-state index in [9.17, 15) is 0 Å². The Kier molecular flexibility index (Phi) is 5.71. The van der Waals surface area contributed by atoms with E-state index in [-0.39, 0.29) is 18.4 Å². The average Bonchev–Trinajstić information content (AvgIpc) is 3.50. The minimum atomic E-state index is -0.206. The van der Waals surface area contributed by atoms with Crippen LogP contribution in [0.5, 0.6) is 5.75 Å². The summed E-state index contributed by atoms with van der Waals surface area (Å²) in [5.41, 5.74) is 6.89. The third-order valence-corrected chi connectivity index (χ3v) is 8.17. The Balaban J connectivity index is 1.22. The van der Waals surface area contributed by atoms with Gasteiger partial charge in [0.05, 0.1) is 11.7 Å². The molecule has 0 amide bonds. The Bertz CT molecular complexity index is 1900. The molecule has 0 spiro atoms. The largest absolute Gasteiger partial charge is 0.464 e. The summed E-state index contributed by atoms with van der Waals surface area (Å²) in [6, 6.07) is 47.1. The molecule has 6 aromatic carbocycles. The molecule has 2 heterocycles. The highest BCUT2D eigenvalue weighted by molar-refractivity contribution is 6.15. The van der Waals surface area contributed by atoms with Crippen molar-refractivity contribution in [3.05, 3.63) is 162 Å². The molecule has 4 heteroatoms. The fourth-order valence-electron chi connectivity index (χ4n) is 6.10. The van der Waals surface area contributed by atoms with Crippen LogP contribution < -0.4 is 20.7 Å². The van der Waals surface area contributed by atoms with Gasteiger partial charge in [0.2, 0.25) is 0 Å². The maximum Gasteiger partial charge on any atom is 0.196 e. The monoisotopic (exact) mass is 531 g/mol. The molecule has 0 aliphatic carbocycles. The lowest BCUT2D eigenvalue weighted by Crippen LogP contribution is -2.39. The van der Waals surface area contributed by atoms with Crippen molar-refractivity contribution in [3.8, 4) is 5.75 Å². The number of nitrogens with one attached hydrogen (secondary N) is 3. The van der Waals surface area contributed by atoms with Crippen molar-refractivity contribution in [1.29, 1.82) is 0 Å². The van der Waals surface area contributed by atoms with E-state index in [0.717, 1.165) is 22.7 Å². The second kappa shape index (κ2) is 9.84. The fraction of sp³-hybridized carbons (Fsp3) is 0.0811. The van der Waals surface area contributed by atoms with Gasteiger partial charge in [0, 0.05) is 16.6 Å². The second-order valence-corrected chi connectivity index (χ2v) is 10.7. The summed E-state index contributed by atoms with van der Waals surface area (Å²) >= 11 is 0. The lowest BCUT2D eigenvalue weighted by atomic mass is 9.95. The summed E-state index contributed by atoms with van der Waals surface area (Å²) in [5, 5.41) is 16.1. The number of hydrogen-bond acceptors (Lipinski definition) is 4. The molecule has 0 saturated carbocycles. The average molecular weight is 532 g/mol. The summed E-state index contributed by atoms with van der Waals surface area (Å²) in [7, 11) is 0. The Morgan fingerprint density at radius 2 is 1.22 bits per heavy atom. The van der Waals surface area contributed by atoms with E-state index < -0.39 is 0 Å². The van der Waals surface area contributed by atoms with Crippen LogP contribution in [-0.4, -0.2) is 0 Å². The molecular formula is C37H29N3O. The first-order chi connectivity index (χ1) is 20.3. The zero-order valence-electron chi connectivity index (χ0n) is 22.4. The molecule has 2 aliphatic heterocycles. The summed E-state index contributed by atoms with van der Waals surface area (Å²) in [4.78, 5) is 0. The zero-order valence-corrected chi connectivity index (χ0v) is 22.4. The van der Waals surface area contributed by atoms with Crippen LogP contribution >= 0.6 is 0 Å². The van der Waals surface area contributed by atoms with Crippen molar-refractivity contribution < 1.29 is 4.74 Å². The van der Waals surface area contributed by atoms with Gasteiger partial charge in [-0.2, -0.15) is 0 Å². The van der Waals surface area contributed by atoms with Crippen molar-refractivity contribution in [2.45, 2.75) is 18.4 Å². The van der Waals surface area contributed by atoms with Crippen LogP contribution in [-0.2, 0) is 0 Å². The maximum absolute atomic E-state index is 6.38. The number of anilines is 1. The highest BCUT2D eigenvalue weighted by Crippen LogP contribution is 2.45. The fourth-order valence-corrected chi connectivity index (χ4v) is 6.10. The molecule has 3 atom stereocenters. The molecule has 198 valence electrons. The molecule has 6 aromatic rings. The van der Waals surface area contributed by atoms with Crippen molar-refractivity contribution in [2.75, 3.05) is 5.32 Å². The Morgan fingerprint density at radius 3 is 2.00 bits per heavy atom. The molecule has 8 rings (SSSR count). The lowest BCUT2D eigenvalue weighted by molar-refractivity contribution is 0.260. The van der Waals surface area contributed by atoms with E-state index in [1.54, 1.807) is 0 Å². The SMILES string of the molecule is C1=C(c2ccccc2)NC(c2ccc3ccc4ccc5c(c4c3c2)NC(c2ccccc2)O5)NC1c1ccccc1. The van der Waals surface area contributed by atoms with Gasteiger partial charge in [-0.1, -0.05) is 121 Å². The Hall–Kier alpha value is -5.06. The molecule has 0 bridgehead atoms. The topological polar surface area (TPSA) is 45.3 Å². The predicted octanol–water partition coefficient (Wildman–Crippen LogP) is 8.47. The van der Waals surface area contributed by atoms with Gasteiger partial charge >= 0.3 is 0 Å². The van der Waals surface area contributed by atoms with Gasteiger partial charge in [-0.15, -0.1) is 0 Å². The number of hydrogen-bond donors (Lipinski definition) is 3. The first kappa shape index (κ1) is 23.8. The first-order valence-electron chi connectivity index (χ1n) is 14.1. The molecular weight excluding hydrogens is 502 g/mol. The van der Waals surface area contributed by atoms with Crippen LogP contribution in [0.15, 0.2) is 140 Å². The highest BCUT2D eigenvalue weighted by Gasteiger charge is 2.27. The molecule has 2 aliphatic rings. The molecule has 0 aromatic heterocycles.